The van der Waals surface area contributed by atoms with Crippen molar-refractivity contribution in [1.29, 1.82) is 0 Å². The predicted octanol–water partition coefficient (Wildman–Crippen LogP) is 0.155. The van der Waals surface area contributed by atoms with Crippen molar-refractivity contribution in [3.05, 3.63) is 22.9 Å². The summed E-state index contributed by atoms with van der Waals surface area (Å²) < 4.78 is 6.94. The Hall–Kier alpha value is -1.93. The second-order valence-corrected chi connectivity index (χ2v) is 6.31. The molecule has 8 nitrogen and oxygen atoms in total. The number of hydrogen-bond acceptors (Lipinski definition) is 6. The van der Waals surface area contributed by atoms with E-state index in [1.165, 1.54) is 10.8 Å². The number of aromatic amines is 1. The van der Waals surface area contributed by atoms with Crippen molar-refractivity contribution in [2.24, 2.45) is 0 Å². The van der Waals surface area contributed by atoms with Crippen LogP contribution in [0.2, 0.25) is 0 Å². The molecule has 0 unspecified atom stereocenters. The molecule has 2 N–H and O–H groups in total. The average molecular weight is 318 g/mol. The summed E-state index contributed by atoms with van der Waals surface area (Å²) in [5.41, 5.74) is 0.377. The molecule has 2 aromatic rings. The highest BCUT2D eigenvalue weighted by atomic mass is 16.5. The molecular weight excluding hydrogens is 296 g/mol. The molecule has 0 saturated carbocycles. The lowest BCUT2D eigenvalue weighted by Gasteiger charge is -2.36. The van der Waals surface area contributed by atoms with E-state index in [2.05, 4.69) is 25.4 Å². The van der Waals surface area contributed by atoms with E-state index in [0.29, 0.717) is 17.7 Å². The Morgan fingerprint density at radius 2 is 2.13 bits per heavy atom. The first-order chi connectivity index (χ1) is 11.3. The number of H-pyrrole nitrogens is 1. The summed E-state index contributed by atoms with van der Waals surface area (Å²) in [6, 6.07) is 0.991. The van der Waals surface area contributed by atoms with E-state index in [1.807, 2.05) is 0 Å². The summed E-state index contributed by atoms with van der Waals surface area (Å²) in [4.78, 5) is 18.4. The zero-order valence-electron chi connectivity index (χ0n) is 13.1. The van der Waals surface area contributed by atoms with Gasteiger partial charge in [0.25, 0.3) is 0 Å². The van der Waals surface area contributed by atoms with Gasteiger partial charge in [0.2, 0.25) is 5.65 Å². The van der Waals surface area contributed by atoms with Crippen LogP contribution in [0.15, 0.2) is 17.2 Å². The van der Waals surface area contributed by atoms with Gasteiger partial charge >= 0.3 is 5.69 Å². The lowest BCUT2D eigenvalue weighted by molar-refractivity contribution is 0.0742. The molecule has 0 aliphatic carbocycles. The van der Waals surface area contributed by atoms with Crippen LogP contribution >= 0.6 is 0 Å². The number of piperidine rings is 1. The molecule has 0 aromatic carbocycles. The third-order valence-electron chi connectivity index (χ3n) is 4.73. The zero-order valence-corrected chi connectivity index (χ0v) is 13.1. The molecule has 124 valence electrons. The van der Waals surface area contributed by atoms with Crippen molar-refractivity contribution < 1.29 is 4.74 Å². The molecule has 23 heavy (non-hydrogen) atoms. The van der Waals surface area contributed by atoms with Crippen molar-refractivity contribution in [2.75, 3.05) is 31.2 Å². The molecule has 0 amide bonds. The van der Waals surface area contributed by atoms with E-state index >= 15 is 0 Å². The van der Waals surface area contributed by atoms with Gasteiger partial charge in [-0.25, -0.2) is 19.3 Å². The molecule has 0 radical (unpaired) electrons. The van der Waals surface area contributed by atoms with E-state index in [1.54, 1.807) is 12.4 Å². The number of ether oxygens (including phenoxy) is 1. The molecule has 0 spiro atoms. The summed E-state index contributed by atoms with van der Waals surface area (Å²) >= 11 is 0. The Morgan fingerprint density at radius 3 is 3.00 bits per heavy atom. The topological polar surface area (TPSA) is 87.5 Å². The second kappa shape index (κ2) is 6.29. The van der Waals surface area contributed by atoms with Gasteiger partial charge < -0.3 is 15.0 Å². The standard InChI is InChI=1S/C15H22N6O2/c22-15-19-18-14-13(16-5-7-21(14)15)20-6-1-2-12(10-20)17-11-3-8-23-9-4-11/h5,7,11-12,17H,1-4,6,8-10H2,(H,19,22)/t12-/m0/s1. The minimum Gasteiger partial charge on any atom is -0.381 e. The number of rotatable bonds is 3. The summed E-state index contributed by atoms with van der Waals surface area (Å²) in [6.07, 6.45) is 7.75. The minimum absolute atomic E-state index is 0.224. The smallest absolute Gasteiger partial charge is 0.347 e. The fourth-order valence-electron chi connectivity index (χ4n) is 3.56. The first kappa shape index (κ1) is 14.6. The SMILES string of the molecule is O=c1[nH]nc2c(N3CCC[C@H](NC4CCOCC4)C3)nccn12. The summed E-state index contributed by atoms with van der Waals surface area (Å²) in [6.45, 7) is 3.54. The van der Waals surface area contributed by atoms with Crippen LogP contribution in [0.5, 0.6) is 0 Å². The van der Waals surface area contributed by atoms with E-state index in [0.717, 1.165) is 51.4 Å². The maximum atomic E-state index is 11.7. The van der Waals surface area contributed by atoms with Crippen LogP contribution in [0.4, 0.5) is 5.82 Å². The van der Waals surface area contributed by atoms with Crippen LogP contribution in [0, 0.1) is 0 Å². The lowest BCUT2D eigenvalue weighted by Crippen LogP contribution is -2.50. The lowest BCUT2D eigenvalue weighted by atomic mass is 10.0. The van der Waals surface area contributed by atoms with Gasteiger partial charge in [0.05, 0.1) is 0 Å². The van der Waals surface area contributed by atoms with Gasteiger partial charge in [-0.2, -0.15) is 0 Å². The van der Waals surface area contributed by atoms with Crippen LogP contribution in [-0.2, 0) is 4.74 Å². The Kier molecular flexibility index (Phi) is 4.00. The third-order valence-corrected chi connectivity index (χ3v) is 4.73. The van der Waals surface area contributed by atoms with Gasteiger partial charge in [-0.1, -0.05) is 0 Å². The number of nitrogens with zero attached hydrogens (tertiary/aromatic N) is 4. The molecule has 2 saturated heterocycles. The molecule has 1 atom stereocenters. The van der Waals surface area contributed by atoms with Crippen LogP contribution in [-0.4, -0.2) is 58.0 Å². The minimum atomic E-state index is -0.224. The van der Waals surface area contributed by atoms with Gasteiger partial charge in [0.1, 0.15) is 0 Å². The van der Waals surface area contributed by atoms with Gasteiger partial charge in [-0.15, -0.1) is 5.10 Å². The van der Waals surface area contributed by atoms with Crippen molar-refractivity contribution in [1.82, 2.24) is 24.9 Å². The van der Waals surface area contributed by atoms with Gasteiger partial charge in [0.15, 0.2) is 5.82 Å². The molecule has 4 rings (SSSR count). The van der Waals surface area contributed by atoms with Gasteiger partial charge in [-0.3, -0.25) is 0 Å². The summed E-state index contributed by atoms with van der Waals surface area (Å²) in [5.74, 6) is 0.782. The number of anilines is 1. The molecule has 0 bridgehead atoms. The zero-order chi connectivity index (χ0) is 15.6. The Morgan fingerprint density at radius 1 is 1.26 bits per heavy atom. The number of nitrogens with one attached hydrogen (secondary N) is 2. The van der Waals surface area contributed by atoms with Gasteiger partial charge in [-0.05, 0) is 25.7 Å². The maximum Gasteiger partial charge on any atom is 0.347 e. The third kappa shape index (κ3) is 2.96. The van der Waals surface area contributed by atoms with Crippen molar-refractivity contribution in [2.45, 2.75) is 37.8 Å². The van der Waals surface area contributed by atoms with Crippen LogP contribution in [0.1, 0.15) is 25.7 Å². The highest BCUT2D eigenvalue weighted by Crippen LogP contribution is 2.21. The molecule has 4 heterocycles. The highest BCUT2D eigenvalue weighted by Gasteiger charge is 2.25. The largest absolute Gasteiger partial charge is 0.381 e. The number of aromatic nitrogens is 4. The van der Waals surface area contributed by atoms with Crippen LogP contribution in [0.3, 0.4) is 0 Å². The first-order valence-electron chi connectivity index (χ1n) is 8.32. The average Bonchev–Trinajstić information content (AvgIpc) is 2.98. The predicted molar refractivity (Wildman–Crippen MR) is 85.8 cm³/mol. The van der Waals surface area contributed by atoms with E-state index < -0.39 is 0 Å². The molecule has 2 fully saturated rings. The van der Waals surface area contributed by atoms with Crippen molar-refractivity contribution in [3.8, 4) is 0 Å². The Bertz CT molecular complexity index is 720. The summed E-state index contributed by atoms with van der Waals surface area (Å²) in [7, 11) is 0. The van der Waals surface area contributed by atoms with E-state index in [4.69, 9.17) is 4.74 Å². The molecule has 2 aliphatic heterocycles. The summed E-state index contributed by atoms with van der Waals surface area (Å²) in [5, 5.41) is 10.4. The normalized spacial score (nSPS) is 23.5. The van der Waals surface area contributed by atoms with Crippen LogP contribution < -0.4 is 15.9 Å². The van der Waals surface area contributed by atoms with Gasteiger partial charge in [0, 0.05) is 50.8 Å². The van der Waals surface area contributed by atoms with E-state index in [-0.39, 0.29) is 5.69 Å². The number of hydrogen-bond donors (Lipinski definition) is 2. The fourth-order valence-corrected chi connectivity index (χ4v) is 3.56. The van der Waals surface area contributed by atoms with Crippen molar-refractivity contribution in [3.63, 3.8) is 0 Å². The highest BCUT2D eigenvalue weighted by molar-refractivity contribution is 5.63. The molecule has 8 heteroatoms. The quantitative estimate of drug-likeness (QED) is 0.838. The molecule has 2 aromatic heterocycles. The van der Waals surface area contributed by atoms with Crippen molar-refractivity contribution >= 4 is 11.5 Å². The maximum absolute atomic E-state index is 11.7. The fraction of sp³-hybridized carbons (Fsp3) is 0.667. The van der Waals surface area contributed by atoms with Crippen LogP contribution in [0.25, 0.3) is 5.65 Å². The Labute approximate surface area is 133 Å². The monoisotopic (exact) mass is 318 g/mol. The molecule has 2 aliphatic rings. The molecular formula is C15H22N6O2. The number of fused-ring (bicyclic) bond motifs is 1. The Balaban J connectivity index is 1.51. The first-order valence-corrected chi connectivity index (χ1v) is 8.32. The second-order valence-electron chi connectivity index (χ2n) is 6.31. The van der Waals surface area contributed by atoms with E-state index in [9.17, 15) is 4.79 Å².